The van der Waals surface area contributed by atoms with E-state index >= 15 is 0 Å². The van der Waals surface area contributed by atoms with Gasteiger partial charge < -0.3 is 10.5 Å². The van der Waals surface area contributed by atoms with E-state index in [-0.39, 0.29) is 6.10 Å². The largest absolute Gasteiger partial charge is 0.491 e. The van der Waals surface area contributed by atoms with Gasteiger partial charge in [0.2, 0.25) is 0 Å². The van der Waals surface area contributed by atoms with E-state index in [4.69, 9.17) is 18.3 Å². The Morgan fingerprint density at radius 1 is 1.54 bits per heavy atom. The van der Waals surface area contributed by atoms with Gasteiger partial charge in [0.1, 0.15) is 5.75 Å². The quantitative estimate of drug-likeness (QED) is 0.516. The first kappa shape index (κ1) is 8.48. The van der Waals surface area contributed by atoms with Gasteiger partial charge in [0.05, 0.1) is 14.0 Å². The average molecular weight is 173 g/mol. The lowest BCUT2D eigenvalue weighted by molar-refractivity contribution is 0.193. The van der Waals surface area contributed by atoms with Gasteiger partial charge in [-0.25, -0.2) is 0 Å². The third-order valence-corrected chi connectivity index (χ3v) is 2.38. The van der Waals surface area contributed by atoms with Crippen molar-refractivity contribution in [2.45, 2.75) is 25.3 Å². The molecule has 0 spiro atoms. The zero-order valence-electron chi connectivity index (χ0n) is 7.49. The molecule has 0 saturated heterocycles. The van der Waals surface area contributed by atoms with Crippen LogP contribution in [0, 0.1) is 0 Å². The predicted octanol–water partition coefficient (Wildman–Crippen LogP) is 1.55. The summed E-state index contributed by atoms with van der Waals surface area (Å²) in [5.41, 5.74) is 7.67. The number of benzene rings is 1. The third kappa shape index (κ3) is 1.64. The van der Waals surface area contributed by atoms with Gasteiger partial charge in [0, 0.05) is 5.69 Å². The fourth-order valence-electron chi connectivity index (χ4n) is 1.63. The molecule has 13 heavy (non-hydrogen) atoms. The van der Waals surface area contributed by atoms with Crippen LogP contribution in [-0.2, 0) is 6.42 Å². The molecule has 2 nitrogen and oxygen atoms in total. The highest BCUT2D eigenvalue weighted by Crippen LogP contribution is 2.29. The van der Waals surface area contributed by atoms with Gasteiger partial charge in [0.15, 0.2) is 0 Å². The van der Waals surface area contributed by atoms with Crippen molar-refractivity contribution in [1.29, 1.82) is 0 Å². The first-order valence-electron chi connectivity index (χ1n) is 4.54. The SMILES string of the molecule is [B]CC1CCc2cc(N)ccc2O1. The zero-order chi connectivity index (χ0) is 9.26. The number of hydrogen-bond acceptors (Lipinski definition) is 2. The Morgan fingerprint density at radius 3 is 3.15 bits per heavy atom. The molecule has 2 radical (unpaired) electrons. The van der Waals surface area contributed by atoms with Crippen molar-refractivity contribution in [2.75, 3.05) is 5.73 Å². The number of fused-ring (bicyclic) bond motifs is 1. The van der Waals surface area contributed by atoms with E-state index in [1.807, 2.05) is 18.2 Å². The smallest absolute Gasteiger partial charge is 0.123 e. The second-order valence-corrected chi connectivity index (χ2v) is 3.38. The first-order valence-corrected chi connectivity index (χ1v) is 4.54. The summed E-state index contributed by atoms with van der Waals surface area (Å²) >= 11 is 0. The molecule has 66 valence electrons. The normalized spacial score (nSPS) is 20.5. The van der Waals surface area contributed by atoms with E-state index in [2.05, 4.69) is 0 Å². The summed E-state index contributed by atoms with van der Waals surface area (Å²) < 4.78 is 5.66. The molecular formula is C10H12BNO. The lowest BCUT2D eigenvalue weighted by atomic mass is 9.92. The minimum atomic E-state index is 0.177. The number of nitrogens with two attached hydrogens (primary N) is 1. The van der Waals surface area contributed by atoms with E-state index in [0.717, 1.165) is 24.3 Å². The summed E-state index contributed by atoms with van der Waals surface area (Å²) in [6, 6.07) is 5.76. The predicted molar refractivity (Wildman–Crippen MR) is 54.2 cm³/mol. The first-order chi connectivity index (χ1) is 6.29. The Morgan fingerprint density at radius 2 is 2.38 bits per heavy atom. The lowest BCUT2D eigenvalue weighted by Gasteiger charge is -2.25. The van der Waals surface area contributed by atoms with Gasteiger partial charge in [0.25, 0.3) is 0 Å². The van der Waals surface area contributed by atoms with Crippen LogP contribution in [0.1, 0.15) is 12.0 Å². The number of aryl methyl sites for hydroxylation is 1. The molecule has 1 aliphatic heterocycles. The van der Waals surface area contributed by atoms with Crippen molar-refractivity contribution in [3.63, 3.8) is 0 Å². The molecule has 1 atom stereocenters. The minimum absolute atomic E-state index is 0.177. The Kier molecular flexibility index (Phi) is 2.17. The van der Waals surface area contributed by atoms with Crippen molar-refractivity contribution < 1.29 is 4.74 Å². The van der Waals surface area contributed by atoms with Crippen molar-refractivity contribution in [1.82, 2.24) is 0 Å². The van der Waals surface area contributed by atoms with E-state index in [1.54, 1.807) is 0 Å². The van der Waals surface area contributed by atoms with E-state index in [0.29, 0.717) is 6.32 Å². The molecule has 1 unspecified atom stereocenters. The second-order valence-electron chi connectivity index (χ2n) is 3.38. The van der Waals surface area contributed by atoms with Crippen LogP contribution in [0.15, 0.2) is 18.2 Å². The third-order valence-electron chi connectivity index (χ3n) is 2.38. The van der Waals surface area contributed by atoms with E-state index in [1.165, 1.54) is 5.56 Å². The van der Waals surface area contributed by atoms with Crippen molar-refractivity contribution in [3.05, 3.63) is 23.8 Å². The highest BCUT2D eigenvalue weighted by molar-refractivity contribution is 6.08. The van der Waals surface area contributed by atoms with E-state index in [9.17, 15) is 0 Å². The molecule has 2 rings (SSSR count). The Hall–Kier alpha value is -1.12. The van der Waals surface area contributed by atoms with Crippen LogP contribution in [0.4, 0.5) is 5.69 Å². The summed E-state index contributed by atoms with van der Waals surface area (Å²) in [4.78, 5) is 0. The molecule has 1 aliphatic rings. The van der Waals surface area contributed by atoms with Gasteiger partial charge in [-0.3, -0.25) is 0 Å². The lowest BCUT2D eigenvalue weighted by Crippen LogP contribution is -2.21. The molecule has 1 heterocycles. The zero-order valence-corrected chi connectivity index (χ0v) is 7.49. The summed E-state index contributed by atoms with van der Waals surface area (Å²) in [5.74, 6) is 0.941. The molecular weight excluding hydrogens is 161 g/mol. The van der Waals surface area contributed by atoms with Gasteiger partial charge in [-0.1, -0.05) is 6.32 Å². The molecule has 0 aromatic heterocycles. The topological polar surface area (TPSA) is 35.2 Å². The molecule has 0 bridgehead atoms. The monoisotopic (exact) mass is 173 g/mol. The van der Waals surface area contributed by atoms with E-state index < -0.39 is 0 Å². The van der Waals surface area contributed by atoms with Crippen molar-refractivity contribution in [2.24, 2.45) is 0 Å². The van der Waals surface area contributed by atoms with Crippen LogP contribution in [0.3, 0.4) is 0 Å². The maximum Gasteiger partial charge on any atom is 0.123 e. The molecule has 0 amide bonds. The van der Waals surface area contributed by atoms with Crippen LogP contribution >= 0.6 is 0 Å². The number of hydrogen-bond donors (Lipinski definition) is 1. The Labute approximate surface area is 79.5 Å². The summed E-state index contributed by atoms with van der Waals surface area (Å²) in [5, 5.41) is 0. The van der Waals surface area contributed by atoms with Crippen LogP contribution in [-0.4, -0.2) is 14.0 Å². The standard InChI is InChI=1S/C10H12BNO/c11-6-9-3-1-7-5-8(12)2-4-10(7)13-9/h2,4-5,9H,1,3,6,12H2. The van der Waals surface area contributed by atoms with Crippen LogP contribution in [0.2, 0.25) is 6.32 Å². The highest BCUT2D eigenvalue weighted by atomic mass is 16.5. The van der Waals surface area contributed by atoms with Gasteiger partial charge in [-0.2, -0.15) is 0 Å². The highest BCUT2D eigenvalue weighted by Gasteiger charge is 2.17. The molecule has 0 saturated carbocycles. The van der Waals surface area contributed by atoms with Crippen molar-refractivity contribution in [3.8, 4) is 5.75 Å². The Balaban J connectivity index is 2.26. The molecule has 0 fully saturated rings. The Bertz CT molecular complexity index is 314. The maximum atomic E-state index is 5.67. The van der Waals surface area contributed by atoms with Crippen LogP contribution in [0.5, 0.6) is 5.75 Å². The van der Waals surface area contributed by atoms with Gasteiger partial charge in [-0.05, 0) is 36.6 Å². The summed E-state index contributed by atoms with van der Waals surface area (Å²) in [7, 11) is 5.54. The number of nitrogen functional groups attached to an aromatic ring is 1. The molecule has 1 aromatic carbocycles. The molecule has 0 aliphatic carbocycles. The van der Waals surface area contributed by atoms with Crippen LogP contribution in [0.25, 0.3) is 0 Å². The second kappa shape index (κ2) is 3.33. The van der Waals surface area contributed by atoms with Gasteiger partial charge >= 0.3 is 0 Å². The fraction of sp³-hybridized carbons (Fsp3) is 0.400. The summed E-state index contributed by atoms with van der Waals surface area (Å²) in [6.45, 7) is 0. The molecule has 1 aromatic rings. The fourth-order valence-corrected chi connectivity index (χ4v) is 1.63. The maximum absolute atomic E-state index is 5.67. The average Bonchev–Trinajstić information content (AvgIpc) is 2.17. The number of ether oxygens (including phenoxy) is 1. The van der Waals surface area contributed by atoms with Crippen molar-refractivity contribution >= 4 is 13.5 Å². The number of anilines is 1. The molecule has 2 N–H and O–H groups in total. The minimum Gasteiger partial charge on any atom is -0.491 e. The summed E-state index contributed by atoms with van der Waals surface area (Å²) in [6.07, 6.45) is 2.77. The number of rotatable bonds is 1. The molecule has 3 heteroatoms. The van der Waals surface area contributed by atoms with Gasteiger partial charge in [-0.15, -0.1) is 0 Å². The van der Waals surface area contributed by atoms with Crippen LogP contribution < -0.4 is 10.5 Å².